The van der Waals surface area contributed by atoms with E-state index in [2.05, 4.69) is 48.4 Å². The summed E-state index contributed by atoms with van der Waals surface area (Å²) >= 11 is 5.70. The third-order valence-corrected chi connectivity index (χ3v) is 3.52. The number of hydrogen-bond donors (Lipinski definition) is 1. The van der Waals surface area contributed by atoms with Crippen LogP contribution in [0, 0.1) is 0 Å². The molecule has 2 aromatic rings. The normalized spacial score (nSPS) is 10.7. The first kappa shape index (κ1) is 15.5. The van der Waals surface area contributed by atoms with E-state index < -0.39 is 0 Å². The van der Waals surface area contributed by atoms with Crippen LogP contribution in [0.5, 0.6) is 0 Å². The van der Waals surface area contributed by atoms with E-state index in [9.17, 15) is 4.79 Å². The minimum Gasteiger partial charge on any atom is -0.325 e. The maximum atomic E-state index is 11.9. The Morgan fingerprint density at radius 1 is 1.19 bits per heavy atom. The number of amides is 1. The first-order valence-electron chi connectivity index (χ1n) is 7.05. The van der Waals surface area contributed by atoms with Gasteiger partial charge in [0.05, 0.1) is 11.9 Å². The van der Waals surface area contributed by atoms with Gasteiger partial charge in [-0.2, -0.15) is 0 Å². The predicted molar refractivity (Wildman–Crippen MR) is 86.7 cm³/mol. The number of benzene rings is 1. The topological polar surface area (TPSA) is 42.0 Å². The summed E-state index contributed by atoms with van der Waals surface area (Å²) in [7, 11) is 0. The summed E-state index contributed by atoms with van der Waals surface area (Å²) in [6.07, 6.45) is 2.73. The van der Waals surface area contributed by atoms with Crippen molar-refractivity contribution in [2.24, 2.45) is 0 Å². The van der Waals surface area contributed by atoms with Crippen LogP contribution in [0.15, 0.2) is 42.6 Å². The second kappa shape index (κ2) is 7.23. The number of aryl methyl sites for hydroxylation is 1. The van der Waals surface area contributed by atoms with Gasteiger partial charge in [-0.3, -0.25) is 4.79 Å². The van der Waals surface area contributed by atoms with Crippen molar-refractivity contribution in [2.45, 2.75) is 32.6 Å². The number of nitrogens with one attached hydrogen (secondary N) is 1. The SMILES string of the molecule is CC(C)c1ccc(CCC(=O)Nc2ccc(Cl)nc2)cc1. The number of carbonyl (C=O) groups excluding carboxylic acids is 1. The number of rotatable bonds is 5. The van der Waals surface area contributed by atoms with Crippen LogP contribution in [0.1, 0.15) is 37.3 Å². The summed E-state index contributed by atoms with van der Waals surface area (Å²) in [5.74, 6) is 0.506. The van der Waals surface area contributed by atoms with Crippen molar-refractivity contribution in [2.75, 3.05) is 5.32 Å². The molecule has 1 aromatic carbocycles. The Morgan fingerprint density at radius 2 is 1.90 bits per heavy atom. The number of hydrogen-bond acceptors (Lipinski definition) is 2. The zero-order valence-electron chi connectivity index (χ0n) is 12.3. The quantitative estimate of drug-likeness (QED) is 0.830. The molecule has 0 aliphatic heterocycles. The zero-order chi connectivity index (χ0) is 15.2. The number of aromatic nitrogens is 1. The molecule has 1 heterocycles. The Bertz CT molecular complexity index is 591. The maximum absolute atomic E-state index is 11.9. The number of nitrogens with zero attached hydrogens (tertiary/aromatic N) is 1. The van der Waals surface area contributed by atoms with Gasteiger partial charge in [0, 0.05) is 6.42 Å². The van der Waals surface area contributed by atoms with Crippen molar-refractivity contribution in [3.05, 3.63) is 58.9 Å². The molecule has 0 bridgehead atoms. The van der Waals surface area contributed by atoms with Crippen molar-refractivity contribution in [1.82, 2.24) is 4.98 Å². The van der Waals surface area contributed by atoms with Crippen molar-refractivity contribution in [1.29, 1.82) is 0 Å². The highest BCUT2D eigenvalue weighted by molar-refractivity contribution is 6.29. The van der Waals surface area contributed by atoms with E-state index >= 15 is 0 Å². The fourth-order valence-electron chi connectivity index (χ4n) is 2.00. The first-order valence-corrected chi connectivity index (χ1v) is 7.42. The van der Waals surface area contributed by atoms with Gasteiger partial charge in [0.1, 0.15) is 5.15 Å². The van der Waals surface area contributed by atoms with Crippen LogP contribution in [0.4, 0.5) is 5.69 Å². The van der Waals surface area contributed by atoms with Gasteiger partial charge in [0.15, 0.2) is 0 Å². The number of anilines is 1. The van der Waals surface area contributed by atoms with E-state index in [0.29, 0.717) is 23.2 Å². The van der Waals surface area contributed by atoms with Gasteiger partial charge < -0.3 is 5.32 Å². The van der Waals surface area contributed by atoms with Crippen LogP contribution in [0.25, 0.3) is 0 Å². The van der Waals surface area contributed by atoms with Crippen molar-refractivity contribution < 1.29 is 4.79 Å². The predicted octanol–water partition coefficient (Wildman–Crippen LogP) is 4.43. The zero-order valence-corrected chi connectivity index (χ0v) is 13.0. The highest BCUT2D eigenvalue weighted by Gasteiger charge is 2.04. The highest BCUT2D eigenvalue weighted by atomic mass is 35.5. The lowest BCUT2D eigenvalue weighted by atomic mass is 10.0. The smallest absolute Gasteiger partial charge is 0.224 e. The first-order chi connectivity index (χ1) is 10.0. The number of pyridine rings is 1. The summed E-state index contributed by atoms with van der Waals surface area (Å²) in [5.41, 5.74) is 3.15. The van der Waals surface area contributed by atoms with Crippen molar-refractivity contribution in [3.63, 3.8) is 0 Å². The summed E-state index contributed by atoms with van der Waals surface area (Å²) in [4.78, 5) is 15.8. The van der Waals surface area contributed by atoms with Gasteiger partial charge in [-0.25, -0.2) is 4.98 Å². The molecule has 0 radical (unpaired) electrons. The van der Waals surface area contributed by atoms with Crippen LogP contribution >= 0.6 is 11.6 Å². The van der Waals surface area contributed by atoms with Crippen LogP contribution in [-0.4, -0.2) is 10.9 Å². The number of carbonyl (C=O) groups is 1. The fourth-order valence-corrected chi connectivity index (χ4v) is 2.11. The van der Waals surface area contributed by atoms with Crippen LogP contribution in [0.2, 0.25) is 5.15 Å². The standard InChI is InChI=1S/C17H19ClN2O/c1-12(2)14-6-3-13(4-7-14)5-10-17(21)20-15-8-9-16(18)19-11-15/h3-4,6-9,11-12H,5,10H2,1-2H3,(H,20,21). The molecule has 21 heavy (non-hydrogen) atoms. The van der Waals surface area contributed by atoms with E-state index in [1.54, 1.807) is 18.3 Å². The molecule has 1 N–H and O–H groups in total. The molecule has 0 saturated carbocycles. The molecular formula is C17H19ClN2O. The molecule has 0 atom stereocenters. The third kappa shape index (κ3) is 4.87. The van der Waals surface area contributed by atoms with Crippen LogP contribution in [0.3, 0.4) is 0 Å². The van der Waals surface area contributed by atoms with E-state index in [1.807, 2.05) is 0 Å². The van der Waals surface area contributed by atoms with Gasteiger partial charge >= 0.3 is 0 Å². The minimum atomic E-state index is -0.0212. The molecule has 1 aromatic heterocycles. The van der Waals surface area contributed by atoms with E-state index in [0.717, 1.165) is 6.42 Å². The Morgan fingerprint density at radius 3 is 2.48 bits per heavy atom. The van der Waals surface area contributed by atoms with E-state index in [4.69, 9.17) is 11.6 Å². The molecule has 0 aliphatic carbocycles. The third-order valence-electron chi connectivity index (χ3n) is 3.30. The molecule has 0 aliphatic rings. The fraction of sp³-hybridized carbons (Fsp3) is 0.294. The lowest BCUT2D eigenvalue weighted by Crippen LogP contribution is -2.12. The molecule has 110 valence electrons. The largest absolute Gasteiger partial charge is 0.325 e. The monoisotopic (exact) mass is 302 g/mol. The molecule has 3 nitrogen and oxygen atoms in total. The van der Waals surface area contributed by atoms with Gasteiger partial charge in [0.25, 0.3) is 0 Å². The average molecular weight is 303 g/mol. The summed E-state index contributed by atoms with van der Waals surface area (Å²) in [5, 5.41) is 3.22. The Labute approximate surface area is 130 Å². The molecule has 0 fully saturated rings. The summed E-state index contributed by atoms with van der Waals surface area (Å²) in [6, 6.07) is 11.8. The molecule has 0 spiro atoms. The van der Waals surface area contributed by atoms with Crippen LogP contribution < -0.4 is 5.32 Å². The van der Waals surface area contributed by atoms with Gasteiger partial charge in [-0.1, -0.05) is 49.7 Å². The number of halogens is 1. The maximum Gasteiger partial charge on any atom is 0.224 e. The Kier molecular flexibility index (Phi) is 5.34. The Balaban J connectivity index is 1.84. The van der Waals surface area contributed by atoms with E-state index in [1.165, 1.54) is 11.1 Å². The lowest BCUT2D eigenvalue weighted by Gasteiger charge is -2.07. The molecule has 0 saturated heterocycles. The van der Waals surface area contributed by atoms with Gasteiger partial charge in [0.2, 0.25) is 5.91 Å². The van der Waals surface area contributed by atoms with E-state index in [-0.39, 0.29) is 5.91 Å². The summed E-state index contributed by atoms with van der Waals surface area (Å²) in [6.45, 7) is 4.34. The highest BCUT2D eigenvalue weighted by Crippen LogP contribution is 2.16. The Hall–Kier alpha value is -1.87. The van der Waals surface area contributed by atoms with Gasteiger partial charge in [-0.05, 0) is 35.6 Å². The molecule has 4 heteroatoms. The average Bonchev–Trinajstić information content (AvgIpc) is 2.48. The molecular weight excluding hydrogens is 284 g/mol. The lowest BCUT2D eigenvalue weighted by molar-refractivity contribution is -0.116. The minimum absolute atomic E-state index is 0.0212. The van der Waals surface area contributed by atoms with Crippen LogP contribution in [-0.2, 0) is 11.2 Å². The van der Waals surface area contributed by atoms with Gasteiger partial charge in [-0.15, -0.1) is 0 Å². The van der Waals surface area contributed by atoms with Crippen molar-refractivity contribution >= 4 is 23.2 Å². The second-order valence-corrected chi connectivity index (χ2v) is 5.70. The molecule has 0 unspecified atom stereocenters. The molecule has 1 amide bonds. The summed E-state index contributed by atoms with van der Waals surface area (Å²) < 4.78 is 0. The molecule has 2 rings (SSSR count). The second-order valence-electron chi connectivity index (χ2n) is 5.31. The van der Waals surface area contributed by atoms with Crippen molar-refractivity contribution in [3.8, 4) is 0 Å².